The van der Waals surface area contributed by atoms with Crippen LogP contribution in [0.2, 0.25) is 0 Å². The molecule has 0 fully saturated rings. The first-order chi connectivity index (χ1) is 28.2. The minimum absolute atomic E-state index is 0.0646. The molecule has 0 N–H and O–H groups in total. The number of carbonyl (C=O) groups excluding carboxylic acids is 3. The fourth-order valence-electron chi connectivity index (χ4n) is 7.81. The van der Waals surface area contributed by atoms with Gasteiger partial charge in [0.15, 0.2) is 6.10 Å². The molecule has 0 rings (SSSR count). The minimum Gasteiger partial charge on any atom is -0.462 e. The Morgan fingerprint density at radius 2 is 0.569 bits per heavy atom. The highest BCUT2D eigenvalue weighted by Gasteiger charge is 2.19. The van der Waals surface area contributed by atoms with Crippen LogP contribution in [-0.4, -0.2) is 37.2 Å². The van der Waals surface area contributed by atoms with Gasteiger partial charge in [-0.1, -0.05) is 247 Å². The van der Waals surface area contributed by atoms with E-state index in [-0.39, 0.29) is 31.1 Å². The first-order valence-corrected chi connectivity index (χ1v) is 25.7. The Morgan fingerprint density at radius 1 is 0.328 bits per heavy atom. The zero-order valence-electron chi connectivity index (χ0n) is 39.7. The molecule has 0 radical (unpaired) electrons. The van der Waals surface area contributed by atoms with Crippen molar-refractivity contribution in [2.75, 3.05) is 13.2 Å². The summed E-state index contributed by atoms with van der Waals surface area (Å²) in [6.45, 7) is 11.3. The third kappa shape index (κ3) is 45.5. The van der Waals surface area contributed by atoms with Crippen molar-refractivity contribution in [1.82, 2.24) is 0 Å². The molecule has 6 heteroatoms. The SMILES string of the molecule is CCCCCCCCCCCCCCCCCCCC(=O)OC[C@@H](COC(=O)CCCCCCCCC(C)C)OC(=O)CCCCCCCCCCCCCC(C)C. The third-order valence-electron chi connectivity index (χ3n) is 11.7. The Bertz CT molecular complexity index is 885. The topological polar surface area (TPSA) is 78.9 Å². The number of rotatable bonds is 46. The molecule has 6 nitrogen and oxygen atoms in total. The van der Waals surface area contributed by atoms with Gasteiger partial charge >= 0.3 is 17.9 Å². The van der Waals surface area contributed by atoms with Crippen molar-refractivity contribution in [1.29, 1.82) is 0 Å². The van der Waals surface area contributed by atoms with E-state index in [2.05, 4.69) is 34.6 Å². The molecule has 1 atom stereocenters. The highest BCUT2D eigenvalue weighted by Crippen LogP contribution is 2.17. The van der Waals surface area contributed by atoms with Crippen molar-refractivity contribution in [3.63, 3.8) is 0 Å². The van der Waals surface area contributed by atoms with Crippen molar-refractivity contribution in [2.24, 2.45) is 11.8 Å². The maximum absolute atomic E-state index is 12.8. The number of unbranched alkanes of at least 4 members (excludes halogenated alkanes) is 31. The summed E-state index contributed by atoms with van der Waals surface area (Å²) in [4.78, 5) is 37.9. The van der Waals surface area contributed by atoms with Crippen LogP contribution in [0.5, 0.6) is 0 Å². The zero-order valence-corrected chi connectivity index (χ0v) is 39.7. The van der Waals surface area contributed by atoms with Gasteiger partial charge in [-0.25, -0.2) is 0 Å². The lowest BCUT2D eigenvalue weighted by atomic mass is 10.0. The molecule has 0 aliphatic heterocycles. The summed E-state index contributed by atoms with van der Waals surface area (Å²) >= 11 is 0. The van der Waals surface area contributed by atoms with Gasteiger partial charge in [0.2, 0.25) is 0 Å². The molecule has 0 saturated heterocycles. The van der Waals surface area contributed by atoms with E-state index in [1.807, 2.05) is 0 Å². The third-order valence-corrected chi connectivity index (χ3v) is 11.7. The second-order valence-corrected chi connectivity index (χ2v) is 18.8. The van der Waals surface area contributed by atoms with Crippen LogP contribution in [0.1, 0.15) is 285 Å². The summed E-state index contributed by atoms with van der Waals surface area (Å²) in [5, 5.41) is 0. The van der Waals surface area contributed by atoms with E-state index in [1.165, 1.54) is 173 Å². The number of hydrogen-bond acceptors (Lipinski definition) is 6. The summed E-state index contributed by atoms with van der Waals surface area (Å²) in [5.41, 5.74) is 0. The molecule has 0 aromatic heterocycles. The molecule has 0 aromatic rings. The first kappa shape index (κ1) is 56.4. The molecule has 0 aliphatic rings. The Kier molecular flexibility index (Phi) is 43.7. The molecule has 344 valence electrons. The summed E-state index contributed by atoms with van der Waals surface area (Å²) in [6.07, 6.45) is 45.3. The lowest BCUT2D eigenvalue weighted by Crippen LogP contribution is -2.30. The van der Waals surface area contributed by atoms with Crippen molar-refractivity contribution in [3.8, 4) is 0 Å². The fourth-order valence-corrected chi connectivity index (χ4v) is 7.81. The lowest BCUT2D eigenvalue weighted by molar-refractivity contribution is -0.167. The van der Waals surface area contributed by atoms with Gasteiger partial charge in [-0.3, -0.25) is 14.4 Å². The summed E-state index contributed by atoms with van der Waals surface area (Å²) in [6, 6.07) is 0. The quantitative estimate of drug-likeness (QED) is 0.0346. The molecular formula is C52H100O6. The first-order valence-electron chi connectivity index (χ1n) is 25.7. The number of esters is 3. The van der Waals surface area contributed by atoms with E-state index < -0.39 is 6.10 Å². The summed E-state index contributed by atoms with van der Waals surface area (Å²) in [7, 11) is 0. The van der Waals surface area contributed by atoms with Crippen LogP contribution in [0.25, 0.3) is 0 Å². The largest absolute Gasteiger partial charge is 0.462 e. The van der Waals surface area contributed by atoms with Crippen LogP contribution in [0.3, 0.4) is 0 Å². The van der Waals surface area contributed by atoms with E-state index in [0.29, 0.717) is 19.3 Å². The Labute approximate surface area is 361 Å². The second-order valence-electron chi connectivity index (χ2n) is 18.8. The molecule has 0 unspecified atom stereocenters. The molecule has 0 aliphatic carbocycles. The van der Waals surface area contributed by atoms with Gasteiger partial charge < -0.3 is 14.2 Å². The lowest BCUT2D eigenvalue weighted by Gasteiger charge is -2.18. The van der Waals surface area contributed by atoms with Crippen LogP contribution >= 0.6 is 0 Å². The normalized spacial score (nSPS) is 12.1. The molecule has 0 heterocycles. The molecule has 0 bridgehead atoms. The number of hydrogen-bond donors (Lipinski definition) is 0. The van der Waals surface area contributed by atoms with Crippen LogP contribution < -0.4 is 0 Å². The minimum atomic E-state index is -0.762. The fraction of sp³-hybridized carbons (Fsp3) is 0.942. The molecule has 58 heavy (non-hydrogen) atoms. The predicted octanol–water partition coefficient (Wildman–Crippen LogP) is 16.5. The van der Waals surface area contributed by atoms with Gasteiger partial charge in [0.25, 0.3) is 0 Å². The zero-order chi connectivity index (χ0) is 42.6. The second kappa shape index (κ2) is 44.9. The number of carbonyl (C=O) groups is 3. The van der Waals surface area contributed by atoms with Crippen molar-refractivity contribution in [2.45, 2.75) is 291 Å². The van der Waals surface area contributed by atoms with Crippen molar-refractivity contribution >= 4 is 17.9 Å². The predicted molar refractivity (Wildman–Crippen MR) is 247 cm³/mol. The Morgan fingerprint density at radius 3 is 0.845 bits per heavy atom. The standard InChI is InChI=1S/C52H100O6/c1-6-7-8-9-10-11-12-13-14-15-16-17-20-23-26-32-37-42-50(53)56-45-49(46-57-51(54)43-38-33-29-28-31-36-41-48(4)5)58-52(55)44-39-34-27-24-21-18-19-22-25-30-35-40-47(2)3/h47-49H,6-46H2,1-5H3/t49-/m0/s1. The van der Waals surface area contributed by atoms with Crippen LogP contribution in [-0.2, 0) is 28.6 Å². The summed E-state index contributed by atoms with van der Waals surface area (Å²) < 4.78 is 16.8. The van der Waals surface area contributed by atoms with E-state index in [4.69, 9.17) is 14.2 Å². The van der Waals surface area contributed by atoms with E-state index in [0.717, 1.165) is 69.6 Å². The highest BCUT2D eigenvalue weighted by atomic mass is 16.6. The smallest absolute Gasteiger partial charge is 0.306 e. The summed E-state index contributed by atoms with van der Waals surface area (Å²) in [5.74, 6) is 0.734. The Balaban J connectivity index is 4.26. The van der Waals surface area contributed by atoms with Gasteiger partial charge in [0.05, 0.1) is 0 Å². The molecular weight excluding hydrogens is 721 g/mol. The van der Waals surface area contributed by atoms with Gasteiger partial charge in [0.1, 0.15) is 13.2 Å². The number of ether oxygens (including phenoxy) is 3. The molecule has 0 amide bonds. The van der Waals surface area contributed by atoms with Crippen LogP contribution in [0, 0.1) is 11.8 Å². The van der Waals surface area contributed by atoms with Crippen molar-refractivity contribution < 1.29 is 28.6 Å². The van der Waals surface area contributed by atoms with E-state index in [1.54, 1.807) is 0 Å². The average Bonchev–Trinajstić information content (AvgIpc) is 3.19. The van der Waals surface area contributed by atoms with Gasteiger partial charge in [0, 0.05) is 19.3 Å². The van der Waals surface area contributed by atoms with Gasteiger partial charge in [-0.05, 0) is 31.1 Å². The van der Waals surface area contributed by atoms with Crippen molar-refractivity contribution in [3.05, 3.63) is 0 Å². The van der Waals surface area contributed by atoms with Crippen LogP contribution in [0.4, 0.5) is 0 Å². The maximum atomic E-state index is 12.8. The van der Waals surface area contributed by atoms with E-state index in [9.17, 15) is 14.4 Å². The van der Waals surface area contributed by atoms with Gasteiger partial charge in [-0.15, -0.1) is 0 Å². The van der Waals surface area contributed by atoms with Crippen LogP contribution in [0.15, 0.2) is 0 Å². The monoisotopic (exact) mass is 821 g/mol. The highest BCUT2D eigenvalue weighted by molar-refractivity contribution is 5.71. The van der Waals surface area contributed by atoms with E-state index >= 15 is 0 Å². The molecule has 0 spiro atoms. The maximum Gasteiger partial charge on any atom is 0.306 e. The average molecular weight is 821 g/mol. The molecule has 0 saturated carbocycles. The van der Waals surface area contributed by atoms with Gasteiger partial charge in [-0.2, -0.15) is 0 Å². The Hall–Kier alpha value is -1.59. The molecule has 0 aromatic carbocycles.